The van der Waals surface area contributed by atoms with Crippen LogP contribution in [-0.4, -0.2) is 24.6 Å². The van der Waals surface area contributed by atoms with Crippen LogP contribution in [0.3, 0.4) is 0 Å². The van der Waals surface area contributed by atoms with Crippen molar-refractivity contribution < 1.29 is 9.84 Å². The van der Waals surface area contributed by atoms with Gasteiger partial charge in [0.2, 0.25) is 0 Å². The summed E-state index contributed by atoms with van der Waals surface area (Å²) >= 11 is 1.82. The van der Waals surface area contributed by atoms with Gasteiger partial charge in [-0.05, 0) is 36.3 Å². The zero-order valence-corrected chi connectivity index (χ0v) is 10.8. The highest BCUT2D eigenvalue weighted by Gasteiger charge is 2.06. The fourth-order valence-corrected chi connectivity index (χ4v) is 2.20. The fourth-order valence-electron chi connectivity index (χ4n) is 1.54. The van der Waals surface area contributed by atoms with E-state index >= 15 is 0 Å². The highest BCUT2D eigenvalue weighted by molar-refractivity contribution is 7.99. The van der Waals surface area contributed by atoms with Crippen molar-refractivity contribution in [2.45, 2.75) is 30.8 Å². The lowest BCUT2D eigenvalue weighted by atomic mass is 10.1. The SMILES string of the molecule is CCSc1ccc(C(O)CCCOC)cc1. The number of hydrogen-bond acceptors (Lipinski definition) is 3. The van der Waals surface area contributed by atoms with Gasteiger partial charge in [-0.25, -0.2) is 0 Å². The third kappa shape index (κ3) is 4.56. The Balaban J connectivity index is 2.46. The van der Waals surface area contributed by atoms with Crippen molar-refractivity contribution >= 4 is 11.8 Å². The summed E-state index contributed by atoms with van der Waals surface area (Å²) in [5, 5.41) is 9.91. The molecule has 0 saturated heterocycles. The number of methoxy groups -OCH3 is 1. The molecule has 16 heavy (non-hydrogen) atoms. The van der Waals surface area contributed by atoms with Gasteiger partial charge >= 0.3 is 0 Å². The second kappa shape index (κ2) is 7.71. The lowest BCUT2D eigenvalue weighted by Gasteiger charge is -2.11. The van der Waals surface area contributed by atoms with E-state index in [0.29, 0.717) is 6.61 Å². The minimum atomic E-state index is -0.365. The summed E-state index contributed by atoms with van der Waals surface area (Å²) in [5.74, 6) is 1.08. The third-order valence-electron chi connectivity index (χ3n) is 2.40. The summed E-state index contributed by atoms with van der Waals surface area (Å²) < 4.78 is 4.96. The maximum Gasteiger partial charge on any atom is 0.0790 e. The molecule has 3 heteroatoms. The minimum absolute atomic E-state index is 0.365. The molecule has 1 aromatic carbocycles. The molecule has 0 bridgehead atoms. The predicted molar refractivity (Wildman–Crippen MR) is 68.9 cm³/mol. The Morgan fingerprint density at radius 1 is 1.31 bits per heavy atom. The molecule has 1 atom stereocenters. The van der Waals surface area contributed by atoms with Crippen LogP contribution < -0.4 is 0 Å². The summed E-state index contributed by atoms with van der Waals surface area (Å²) in [6, 6.07) is 8.16. The predicted octanol–water partition coefficient (Wildman–Crippen LogP) is 3.26. The van der Waals surface area contributed by atoms with Crippen LogP contribution >= 0.6 is 11.8 Å². The molecular weight excluding hydrogens is 220 g/mol. The van der Waals surface area contributed by atoms with Crippen molar-refractivity contribution in [1.82, 2.24) is 0 Å². The molecule has 1 N–H and O–H groups in total. The Labute approximate surface area is 102 Å². The molecule has 0 saturated carbocycles. The van der Waals surface area contributed by atoms with Crippen LogP contribution in [-0.2, 0) is 4.74 Å². The fraction of sp³-hybridized carbons (Fsp3) is 0.538. The lowest BCUT2D eigenvalue weighted by Crippen LogP contribution is -1.99. The second-order valence-electron chi connectivity index (χ2n) is 3.65. The summed E-state index contributed by atoms with van der Waals surface area (Å²) in [6.07, 6.45) is 1.29. The van der Waals surface area contributed by atoms with E-state index in [1.807, 2.05) is 23.9 Å². The molecule has 0 heterocycles. The molecule has 0 aromatic heterocycles. The first-order valence-corrected chi connectivity index (χ1v) is 6.66. The van der Waals surface area contributed by atoms with Gasteiger partial charge in [-0.2, -0.15) is 0 Å². The van der Waals surface area contributed by atoms with Crippen LogP contribution in [0.4, 0.5) is 0 Å². The molecule has 1 rings (SSSR count). The van der Waals surface area contributed by atoms with Gasteiger partial charge in [0, 0.05) is 18.6 Å². The van der Waals surface area contributed by atoms with E-state index in [1.54, 1.807) is 7.11 Å². The molecule has 0 aliphatic carbocycles. The van der Waals surface area contributed by atoms with E-state index in [-0.39, 0.29) is 6.10 Å². The van der Waals surface area contributed by atoms with Crippen LogP contribution in [0.15, 0.2) is 29.2 Å². The van der Waals surface area contributed by atoms with Crippen LogP contribution in [0, 0.1) is 0 Å². The van der Waals surface area contributed by atoms with Crippen molar-refractivity contribution in [3.05, 3.63) is 29.8 Å². The van der Waals surface area contributed by atoms with Gasteiger partial charge in [-0.1, -0.05) is 19.1 Å². The molecular formula is C13H20O2S. The minimum Gasteiger partial charge on any atom is -0.388 e. The summed E-state index contributed by atoms with van der Waals surface area (Å²) in [7, 11) is 1.68. The van der Waals surface area contributed by atoms with Crippen LogP contribution in [0.1, 0.15) is 31.4 Å². The molecule has 0 aliphatic rings. The van der Waals surface area contributed by atoms with Gasteiger partial charge in [-0.15, -0.1) is 11.8 Å². The average molecular weight is 240 g/mol. The van der Waals surface area contributed by atoms with E-state index in [2.05, 4.69) is 19.1 Å². The largest absolute Gasteiger partial charge is 0.388 e. The number of aliphatic hydroxyl groups is 1. The quantitative estimate of drug-likeness (QED) is 0.586. The van der Waals surface area contributed by atoms with Crippen molar-refractivity contribution in [3.63, 3.8) is 0 Å². The first kappa shape index (κ1) is 13.6. The van der Waals surface area contributed by atoms with Gasteiger partial charge in [0.25, 0.3) is 0 Å². The molecule has 1 unspecified atom stereocenters. The van der Waals surface area contributed by atoms with Crippen molar-refractivity contribution in [2.24, 2.45) is 0 Å². The highest BCUT2D eigenvalue weighted by Crippen LogP contribution is 2.23. The highest BCUT2D eigenvalue weighted by atomic mass is 32.2. The molecule has 0 amide bonds. The maximum absolute atomic E-state index is 9.91. The first-order valence-electron chi connectivity index (χ1n) is 5.67. The zero-order chi connectivity index (χ0) is 11.8. The topological polar surface area (TPSA) is 29.5 Å². The van der Waals surface area contributed by atoms with Crippen LogP contribution in [0.25, 0.3) is 0 Å². The molecule has 0 radical (unpaired) electrons. The van der Waals surface area contributed by atoms with Crippen LogP contribution in [0.2, 0.25) is 0 Å². The number of aliphatic hydroxyl groups excluding tert-OH is 1. The summed E-state index contributed by atoms with van der Waals surface area (Å²) in [5.41, 5.74) is 0.997. The van der Waals surface area contributed by atoms with E-state index in [4.69, 9.17) is 4.74 Å². The number of benzene rings is 1. The maximum atomic E-state index is 9.91. The Kier molecular flexibility index (Phi) is 6.53. The van der Waals surface area contributed by atoms with E-state index in [9.17, 15) is 5.11 Å². The second-order valence-corrected chi connectivity index (χ2v) is 4.99. The molecule has 0 aliphatic heterocycles. The normalized spacial score (nSPS) is 12.7. The molecule has 90 valence electrons. The average Bonchev–Trinajstić information content (AvgIpc) is 2.30. The van der Waals surface area contributed by atoms with Crippen molar-refractivity contribution in [3.8, 4) is 0 Å². The Morgan fingerprint density at radius 2 is 2.00 bits per heavy atom. The zero-order valence-electron chi connectivity index (χ0n) is 9.98. The van der Waals surface area contributed by atoms with E-state index in [1.165, 1.54) is 4.90 Å². The molecule has 0 fully saturated rings. The van der Waals surface area contributed by atoms with Gasteiger partial charge in [0.1, 0.15) is 0 Å². The number of rotatable bonds is 7. The number of ether oxygens (including phenoxy) is 1. The molecule has 0 spiro atoms. The van der Waals surface area contributed by atoms with Crippen molar-refractivity contribution in [1.29, 1.82) is 0 Å². The Hall–Kier alpha value is -0.510. The van der Waals surface area contributed by atoms with Gasteiger partial charge < -0.3 is 9.84 Å². The Morgan fingerprint density at radius 3 is 2.56 bits per heavy atom. The number of thioether (sulfide) groups is 1. The summed E-state index contributed by atoms with van der Waals surface area (Å²) in [6.45, 7) is 2.85. The number of hydrogen-bond donors (Lipinski definition) is 1. The monoisotopic (exact) mass is 240 g/mol. The standard InChI is InChI=1S/C13H20O2S/c1-3-16-12-8-6-11(7-9-12)13(14)5-4-10-15-2/h6-9,13-14H,3-5,10H2,1-2H3. The summed E-state index contributed by atoms with van der Waals surface area (Å²) in [4.78, 5) is 1.26. The lowest BCUT2D eigenvalue weighted by molar-refractivity contribution is 0.136. The van der Waals surface area contributed by atoms with Gasteiger partial charge in [-0.3, -0.25) is 0 Å². The van der Waals surface area contributed by atoms with Crippen molar-refractivity contribution in [2.75, 3.05) is 19.5 Å². The van der Waals surface area contributed by atoms with Gasteiger partial charge in [0.15, 0.2) is 0 Å². The van der Waals surface area contributed by atoms with Crippen LogP contribution in [0.5, 0.6) is 0 Å². The molecule has 1 aromatic rings. The molecule has 2 nitrogen and oxygen atoms in total. The third-order valence-corrected chi connectivity index (χ3v) is 3.30. The van der Waals surface area contributed by atoms with Gasteiger partial charge in [0.05, 0.1) is 6.10 Å². The first-order chi connectivity index (χ1) is 7.77. The Bertz CT molecular complexity index is 284. The van der Waals surface area contributed by atoms with E-state index < -0.39 is 0 Å². The smallest absolute Gasteiger partial charge is 0.0790 e. The van der Waals surface area contributed by atoms with E-state index in [0.717, 1.165) is 24.2 Å².